The Balaban J connectivity index is 1.84. The number of ether oxygens (including phenoxy) is 2. The van der Waals surface area contributed by atoms with Gasteiger partial charge in [-0.15, -0.1) is 0 Å². The number of nitrogens with one attached hydrogen (secondary N) is 2. The molecule has 2 rings (SSSR count). The highest BCUT2D eigenvalue weighted by Crippen LogP contribution is 2.30. The van der Waals surface area contributed by atoms with E-state index in [0.717, 1.165) is 0 Å². The lowest BCUT2D eigenvalue weighted by Gasteiger charge is -2.25. The smallest absolute Gasteiger partial charge is 0.283 e. The fraction of sp³-hybridized carbons (Fsp3) is 0.467. The van der Waals surface area contributed by atoms with Gasteiger partial charge in [0, 0.05) is 6.42 Å². The van der Waals surface area contributed by atoms with E-state index in [4.69, 9.17) is 9.47 Å². The Morgan fingerprint density at radius 3 is 2.52 bits per heavy atom. The number of amides is 2. The lowest BCUT2D eigenvalue weighted by molar-refractivity contribution is -0.135. The zero-order valence-corrected chi connectivity index (χ0v) is 12.4. The molecule has 0 saturated heterocycles. The van der Waals surface area contributed by atoms with Gasteiger partial charge in [0.2, 0.25) is 12.0 Å². The average Bonchev–Trinajstić information content (AvgIpc) is 2.42. The van der Waals surface area contributed by atoms with E-state index in [1.807, 2.05) is 26.8 Å². The van der Waals surface area contributed by atoms with Gasteiger partial charge in [-0.05, 0) is 17.5 Å². The van der Waals surface area contributed by atoms with Gasteiger partial charge >= 0.3 is 0 Å². The molecule has 0 bridgehead atoms. The van der Waals surface area contributed by atoms with E-state index < -0.39 is 12.0 Å². The predicted molar refractivity (Wildman–Crippen MR) is 76.7 cm³/mol. The van der Waals surface area contributed by atoms with Crippen LogP contribution in [0.25, 0.3) is 0 Å². The van der Waals surface area contributed by atoms with Crippen LogP contribution in [0.5, 0.6) is 11.5 Å². The summed E-state index contributed by atoms with van der Waals surface area (Å²) in [6, 6.07) is 7.13. The fourth-order valence-electron chi connectivity index (χ4n) is 1.89. The van der Waals surface area contributed by atoms with Crippen molar-refractivity contribution in [2.75, 3.05) is 6.61 Å². The van der Waals surface area contributed by atoms with Crippen molar-refractivity contribution in [3.05, 3.63) is 24.3 Å². The van der Waals surface area contributed by atoms with E-state index in [2.05, 4.69) is 10.9 Å². The first kappa shape index (κ1) is 15.2. The number of carbonyl (C=O) groups excluding carboxylic acids is 2. The van der Waals surface area contributed by atoms with Crippen molar-refractivity contribution in [3.63, 3.8) is 0 Å². The van der Waals surface area contributed by atoms with Gasteiger partial charge in [-0.25, -0.2) is 0 Å². The van der Waals surface area contributed by atoms with Crippen LogP contribution in [0.2, 0.25) is 0 Å². The molecular formula is C15H20N2O4. The highest BCUT2D eigenvalue weighted by atomic mass is 16.6. The van der Waals surface area contributed by atoms with Gasteiger partial charge < -0.3 is 9.47 Å². The molecule has 21 heavy (non-hydrogen) atoms. The average molecular weight is 292 g/mol. The third-order valence-corrected chi connectivity index (χ3v) is 2.82. The highest BCUT2D eigenvalue weighted by molar-refractivity contribution is 5.85. The quantitative estimate of drug-likeness (QED) is 0.808. The fourth-order valence-corrected chi connectivity index (χ4v) is 1.89. The van der Waals surface area contributed by atoms with E-state index in [1.165, 1.54) is 0 Å². The molecular weight excluding hydrogens is 272 g/mol. The Bertz CT molecular complexity index is 537. The van der Waals surface area contributed by atoms with Gasteiger partial charge in [0.1, 0.15) is 6.61 Å². The number of rotatable bonds is 2. The van der Waals surface area contributed by atoms with Crippen LogP contribution in [-0.4, -0.2) is 24.5 Å². The van der Waals surface area contributed by atoms with Gasteiger partial charge in [0.15, 0.2) is 11.5 Å². The molecule has 114 valence electrons. The first-order valence-corrected chi connectivity index (χ1v) is 6.82. The molecule has 0 aromatic heterocycles. The van der Waals surface area contributed by atoms with E-state index in [-0.39, 0.29) is 17.9 Å². The summed E-state index contributed by atoms with van der Waals surface area (Å²) >= 11 is 0. The first-order valence-electron chi connectivity index (χ1n) is 6.82. The van der Waals surface area contributed by atoms with Crippen molar-refractivity contribution >= 4 is 11.8 Å². The summed E-state index contributed by atoms with van der Waals surface area (Å²) in [7, 11) is 0. The van der Waals surface area contributed by atoms with Gasteiger partial charge in [-0.3, -0.25) is 20.4 Å². The number of benzene rings is 1. The summed E-state index contributed by atoms with van der Waals surface area (Å²) in [6.45, 7) is 5.95. The molecule has 2 N–H and O–H groups in total. The molecule has 1 aliphatic rings. The van der Waals surface area contributed by atoms with E-state index in [0.29, 0.717) is 17.9 Å². The molecule has 1 aromatic carbocycles. The van der Waals surface area contributed by atoms with Crippen molar-refractivity contribution in [2.45, 2.75) is 33.3 Å². The van der Waals surface area contributed by atoms with Crippen LogP contribution >= 0.6 is 0 Å². The van der Waals surface area contributed by atoms with E-state index in [1.54, 1.807) is 18.2 Å². The van der Waals surface area contributed by atoms with Crippen LogP contribution in [0, 0.1) is 5.41 Å². The van der Waals surface area contributed by atoms with Crippen molar-refractivity contribution in [1.82, 2.24) is 10.9 Å². The number of hydrogen-bond donors (Lipinski definition) is 2. The van der Waals surface area contributed by atoms with Crippen molar-refractivity contribution in [3.8, 4) is 11.5 Å². The van der Waals surface area contributed by atoms with Crippen LogP contribution in [0.3, 0.4) is 0 Å². The molecule has 0 spiro atoms. The van der Waals surface area contributed by atoms with Crippen LogP contribution in [0.15, 0.2) is 24.3 Å². The molecule has 0 radical (unpaired) electrons. The molecule has 0 aliphatic carbocycles. The molecule has 6 heteroatoms. The lowest BCUT2D eigenvalue weighted by Crippen LogP contribution is -2.51. The van der Waals surface area contributed by atoms with Crippen molar-refractivity contribution in [2.24, 2.45) is 5.41 Å². The van der Waals surface area contributed by atoms with Gasteiger partial charge in [-0.2, -0.15) is 0 Å². The molecule has 0 saturated carbocycles. The molecule has 2 amide bonds. The second-order valence-electron chi connectivity index (χ2n) is 6.14. The number of para-hydroxylation sites is 2. The highest BCUT2D eigenvalue weighted by Gasteiger charge is 2.27. The minimum absolute atomic E-state index is 0.109. The monoisotopic (exact) mass is 292 g/mol. The first-order chi connectivity index (χ1) is 9.85. The minimum Gasteiger partial charge on any atom is -0.485 e. The zero-order chi connectivity index (χ0) is 15.5. The van der Waals surface area contributed by atoms with Crippen molar-refractivity contribution < 1.29 is 19.1 Å². The molecule has 6 nitrogen and oxygen atoms in total. The molecule has 1 aliphatic heterocycles. The van der Waals surface area contributed by atoms with Crippen LogP contribution < -0.4 is 20.3 Å². The van der Waals surface area contributed by atoms with E-state index >= 15 is 0 Å². The summed E-state index contributed by atoms with van der Waals surface area (Å²) in [5.74, 6) is 0.447. The largest absolute Gasteiger partial charge is 0.485 e. The van der Waals surface area contributed by atoms with Gasteiger partial charge in [0.05, 0.1) is 0 Å². The summed E-state index contributed by atoms with van der Waals surface area (Å²) in [6.07, 6.45) is -0.465. The number of hydrazine groups is 1. The standard InChI is InChI=1S/C15H20N2O4/c1-15(2,3)8-13(18)16-17-14(19)12-9-20-10-6-4-5-7-11(10)21-12/h4-7,12H,8-9H2,1-3H3,(H,16,18)(H,17,19). The maximum atomic E-state index is 11.9. The maximum Gasteiger partial charge on any atom is 0.283 e. The zero-order valence-electron chi connectivity index (χ0n) is 12.4. The van der Waals surface area contributed by atoms with Crippen LogP contribution in [0.1, 0.15) is 27.2 Å². The third-order valence-electron chi connectivity index (χ3n) is 2.82. The van der Waals surface area contributed by atoms with Crippen molar-refractivity contribution in [1.29, 1.82) is 0 Å². The molecule has 1 atom stereocenters. The Morgan fingerprint density at radius 1 is 1.19 bits per heavy atom. The topological polar surface area (TPSA) is 76.7 Å². The summed E-state index contributed by atoms with van der Waals surface area (Å²) in [4.78, 5) is 23.6. The Labute approximate surface area is 123 Å². The maximum absolute atomic E-state index is 11.9. The Hall–Kier alpha value is -2.24. The van der Waals surface area contributed by atoms with E-state index in [9.17, 15) is 9.59 Å². The summed E-state index contributed by atoms with van der Waals surface area (Å²) in [5.41, 5.74) is 4.61. The normalized spacial score (nSPS) is 17.0. The lowest BCUT2D eigenvalue weighted by atomic mass is 9.92. The molecule has 0 fully saturated rings. The van der Waals surface area contributed by atoms with Gasteiger partial charge in [0.25, 0.3) is 5.91 Å². The predicted octanol–water partition coefficient (Wildman–Crippen LogP) is 1.41. The second-order valence-corrected chi connectivity index (χ2v) is 6.14. The third kappa shape index (κ3) is 4.37. The minimum atomic E-state index is -0.783. The molecule has 1 heterocycles. The summed E-state index contributed by atoms with van der Waals surface area (Å²) < 4.78 is 11.0. The molecule has 1 aromatic rings. The summed E-state index contributed by atoms with van der Waals surface area (Å²) in [5, 5.41) is 0. The number of hydrogen-bond acceptors (Lipinski definition) is 4. The van der Waals surface area contributed by atoms with Crippen LogP contribution in [-0.2, 0) is 9.59 Å². The second kappa shape index (κ2) is 6.03. The Kier molecular flexibility index (Phi) is 4.35. The number of carbonyl (C=O) groups is 2. The SMILES string of the molecule is CC(C)(C)CC(=O)NNC(=O)C1COc2ccccc2O1. The van der Waals surface area contributed by atoms with Gasteiger partial charge in [-0.1, -0.05) is 32.9 Å². The number of fused-ring (bicyclic) bond motifs is 1. The molecule has 1 unspecified atom stereocenters. The van der Waals surface area contributed by atoms with Crippen LogP contribution in [0.4, 0.5) is 0 Å². The Morgan fingerprint density at radius 2 is 1.86 bits per heavy atom.